The lowest BCUT2D eigenvalue weighted by atomic mass is 9.79. The molecule has 1 aromatic rings. The SMILES string of the molecule is COC1(c2nc(C)cc(Cl)n2)CCC1. The highest BCUT2D eigenvalue weighted by atomic mass is 35.5. The zero-order valence-corrected chi connectivity index (χ0v) is 9.14. The Labute approximate surface area is 88.5 Å². The fraction of sp³-hybridized carbons (Fsp3) is 0.600. The molecular formula is C10H13ClN2O. The van der Waals surface area contributed by atoms with Crippen LogP contribution in [-0.4, -0.2) is 17.1 Å². The lowest BCUT2D eigenvalue weighted by Gasteiger charge is -2.38. The van der Waals surface area contributed by atoms with Crippen LogP contribution in [0.3, 0.4) is 0 Å². The number of aromatic nitrogens is 2. The van der Waals surface area contributed by atoms with Crippen molar-refractivity contribution < 1.29 is 4.74 Å². The van der Waals surface area contributed by atoms with E-state index in [1.165, 1.54) is 6.42 Å². The molecule has 0 amide bonds. The molecule has 2 rings (SSSR count). The summed E-state index contributed by atoms with van der Waals surface area (Å²) < 4.78 is 5.49. The fourth-order valence-corrected chi connectivity index (χ4v) is 1.99. The van der Waals surface area contributed by atoms with Gasteiger partial charge in [0.25, 0.3) is 0 Å². The zero-order chi connectivity index (χ0) is 10.2. The molecule has 0 unspecified atom stereocenters. The fourth-order valence-electron chi connectivity index (χ4n) is 1.75. The maximum absolute atomic E-state index is 5.89. The van der Waals surface area contributed by atoms with E-state index in [2.05, 4.69) is 9.97 Å². The predicted octanol–water partition coefficient (Wildman–Crippen LogP) is 2.46. The Morgan fingerprint density at radius 2 is 2.14 bits per heavy atom. The second-order valence-corrected chi connectivity index (χ2v) is 4.09. The van der Waals surface area contributed by atoms with Crippen molar-refractivity contribution in [3.63, 3.8) is 0 Å². The minimum absolute atomic E-state index is 0.268. The van der Waals surface area contributed by atoms with Crippen molar-refractivity contribution in [2.45, 2.75) is 31.8 Å². The van der Waals surface area contributed by atoms with Gasteiger partial charge in [-0.25, -0.2) is 9.97 Å². The van der Waals surface area contributed by atoms with Gasteiger partial charge in [-0.2, -0.15) is 0 Å². The quantitative estimate of drug-likeness (QED) is 0.707. The van der Waals surface area contributed by atoms with Gasteiger partial charge in [0.2, 0.25) is 0 Å². The van der Waals surface area contributed by atoms with Crippen LogP contribution in [0.15, 0.2) is 6.07 Å². The number of hydrogen-bond donors (Lipinski definition) is 0. The van der Waals surface area contributed by atoms with Crippen molar-refractivity contribution in [3.8, 4) is 0 Å². The topological polar surface area (TPSA) is 35.0 Å². The molecule has 1 aromatic heterocycles. The molecule has 0 spiro atoms. The molecule has 0 aromatic carbocycles. The van der Waals surface area contributed by atoms with E-state index in [1.807, 2.05) is 6.92 Å². The van der Waals surface area contributed by atoms with E-state index in [-0.39, 0.29) is 5.60 Å². The third kappa shape index (κ3) is 1.51. The Hall–Kier alpha value is -0.670. The van der Waals surface area contributed by atoms with E-state index in [0.29, 0.717) is 5.15 Å². The molecule has 0 radical (unpaired) electrons. The summed E-state index contributed by atoms with van der Waals surface area (Å²) in [5, 5.41) is 0.496. The van der Waals surface area contributed by atoms with E-state index < -0.39 is 0 Å². The Bertz CT molecular complexity index is 324. The van der Waals surface area contributed by atoms with Crippen LogP contribution in [0.25, 0.3) is 0 Å². The molecule has 14 heavy (non-hydrogen) atoms. The van der Waals surface area contributed by atoms with Crippen molar-refractivity contribution in [3.05, 3.63) is 22.7 Å². The van der Waals surface area contributed by atoms with E-state index in [0.717, 1.165) is 24.4 Å². The number of rotatable bonds is 2. The van der Waals surface area contributed by atoms with E-state index in [1.54, 1.807) is 13.2 Å². The molecule has 1 aliphatic carbocycles. The molecule has 1 fully saturated rings. The Morgan fingerprint density at radius 1 is 1.43 bits per heavy atom. The zero-order valence-electron chi connectivity index (χ0n) is 8.38. The molecule has 76 valence electrons. The van der Waals surface area contributed by atoms with Crippen molar-refractivity contribution >= 4 is 11.6 Å². The molecule has 0 N–H and O–H groups in total. The average molecular weight is 213 g/mol. The number of ether oxygens (including phenoxy) is 1. The minimum atomic E-state index is -0.268. The molecule has 1 saturated carbocycles. The Kier molecular flexibility index (Phi) is 2.45. The van der Waals surface area contributed by atoms with Crippen LogP contribution in [0.1, 0.15) is 30.8 Å². The molecule has 3 nitrogen and oxygen atoms in total. The lowest BCUT2D eigenvalue weighted by molar-refractivity contribution is -0.0847. The van der Waals surface area contributed by atoms with E-state index in [4.69, 9.17) is 16.3 Å². The van der Waals surface area contributed by atoms with Crippen LogP contribution in [0.5, 0.6) is 0 Å². The van der Waals surface area contributed by atoms with Crippen molar-refractivity contribution in [2.75, 3.05) is 7.11 Å². The molecule has 1 heterocycles. The first-order valence-electron chi connectivity index (χ1n) is 4.73. The first kappa shape index (κ1) is 9.87. The standard InChI is InChI=1S/C10H13ClN2O/c1-7-6-8(11)13-9(12-7)10(14-2)4-3-5-10/h6H,3-5H2,1-2H3. The summed E-state index contributed by atoms with van der Waals surface area (Å²) in [5.41, 5.74) is 0.624. The third-order valence-electron chi connectivity index (χ3n) is 2.78. The normalized spacial score (nSPS) is 19.1. The second-order valence-electron chi connectivity index (χ2n) is 3.71. The predicted molar refractivity (Wildman–Crippen MR) is 54.3 cm³/mol. The van der Waals surface area contributed by atoms with Crippen LogP contribution in [0.4, 0.5) is 0 Å². The van der Waals surface area contributed by atoms with Gasteiger partial charge in [0.15, 0.2) is 5.82 Å². The number of methoxy groups -OCH3 is 1. The van der Waals surface area contributed by atoms with Crippen LogP contribution in [-0.2, 0) is 10.3 Å². The molecule has 0 aliphatic heterocycles. The van der Waals surface area contributed by atoms with Gasteiger partial charge in [0.1, 0.15) is 10.8 Å². The monoisotopic (exact) mass is 212 g/mol. The van der Waals surface area contributed by atoms with Gasteiger partial charge in [-0.3, -0.25) is 0 Å². The number of hydrogen-bond acceptors (Lipinski definition) is 3. The maximum Gasteiger partial charge on any atom is 0.162 e. The average Bonchev–Trinajstić information content (AvgIpc) is 2.01. The molecular weight excluding hydrogens is 200 g/mol. The summed E-state index contributed by atoms with van der Waals surface area (Å²) in [6.45, 7) is 1.92. The highest BCUT2D eigenvalue weighted by Gasteiger charge is 2.41. The molecule has 0 bridgehead atoms. The van der Waals surface area contributed by atoms with Gasteiger partial charge < -0.3 is 4.74 Å². The Morgan fingerprint density at radius 3 is 2.57 bits per heavy atom. The Balaban J connectivity index is 2.39. The van der Waals surface area contributed by atoms with E-state index >= 15 is 0 Å². The van der Waals surface area contributed by atoms with Crippen molar-refractivity contribution in [1.82, 2.24) is 9.97 Å². The van der Waals surface area contributed by atoms with Crippen molar-refractivity contribution in [1.29, 1.82) is 0 Å². The molecule has 1 aliphatic rings. The highest BCUT2D eigenvalue weighted by Crippen LogP contribution is 2.42. The summed E-state index contributed by atoms with van der Waals surface area (Å²) in [6.07, 6.45) is 3.15. The molecule has 0 saturated heterocycles. The van der Waals surface area contributed by atoms with Crippen LogP contribution >= 0.6 is 11.6 Å². The minimum Gasteiger partial charge on any atom is -0.370 e. The van der Waals surface area contributed by atoms with Crippen molar-refractivity contribution in [2.24, 2.45) is 0 Å². The second kappa shape index (κ2) is 3.48. The summed E-state index contributed by atoms with van der Waals surface area (Å²) in [4.78, 5) is 8.61. The molecule has 0 atom stereocenters. The number of aryl methyl sites for hydroxylation is 1. The van der Waals surface area contributed by atoms with Gasteiger partial charge in [-0.05, 0) is 32.3 Å². The van der Waals surface area contributed by atoms with Gasteiger partial charge in [0, 0.05) is 12.8 Å². The van der Waals surface area contributed by atoms with Crippen LogP contribution in [0, 0.1) is 6.92 Å². The van der Waals surface area contributed by atoms with E-state index in [9.17, 15) is 0 Å². The number of halogens is 1. The number of nitrogens with zero attached hydrogens (tertiary/aromatic N) is 2. The van der Waals surface area contributed by atoms with Gasteiger partial charge in [0.05, 0.1) is 0 Å². The highest BCUT2D eigenvalue weighted by molar-refractivity contribution is 6.29. The first-order chi connectivity index (χ1) is 6.66. The van der Waals surface area contributed by atoms with Crippen LogP contribution in [0.2, 0.25) is 5.15 Å². The third-order valence-corrected chi connectivity index (χ3v) is 2.98. The summed E-state index contributed by atoms with van der Waals surface area (Å²) in [7, 11) is 1.71. The van der Waals surface area contributed by atoms with Gasteiger partial charge >= 0.3 is 0 Å². The molecule has 4 heteroatoms. The van der Waals surface area contributed by atoms with Gasteiger partial charge in [-0.1, -0.05) is 11.6 Å². The maximum atomic E-state index is 5.89. The largest absolute Gasteiger partial charge is 0.370 e. The summed E-state index contributed by atoms with van der Waals surface area (Å²) in [5.74, 6) is 0.733. The van der Waals surface area contributed by atoms with Gasteiger partial charge in [-0.15, -0.1) is 0 Å². The lowest BCUT2D eigenvalue weighted by Crippen LogP contribution is -2.38. The summed E-state index contributed by atoms with van der Waals surface area (Å²) in [6, 6.07) is 1.76. The van der Waals surface area contributed by atoms with Crippen LogP contribution < -0.4 is 0 Å². The smallest absolute Gasteiger partial charge is 0.162 e. The summed E-state index contributed by atoms with van der Waals surface area (Å²) >= 11 is 5.89. The first-order valence-corrected chi connectivity index (χ1v) is 5.11.